The number of halogens is 1. The number of rotatable bonds is 5. The van der Waals surface area contributed by atoms with E-state index in [1.54, 1.807) is 6.92 Å². The Morgan fingerprint density at radius 1 is 1.24 bits per heavy atom. The van der Waals surface area contributed by atoms with E-state index in [1.807, 2.05) is 0 Å². The van der Waals surface area contributed by atoms with Gasteiger partial charge in [0.05, 0.1) is 25.0 Å². The number of nitrogens with zero attached hydrogens (tertiary/aromatic N) is 1. The molecule has 0 aromatic heterocycles. The highest BCUT2D eigenvalue weighted by molar-refractivity contribution is 6.32. The number of esters is 1. The molecule has 1 aliphatic rings. The number of hydrogen-bond acceptors (Lipinski definition) is 6. The van der Waals surface area contributed by atoms with Crippen LogP contribution in [-0.4, -0.2) is 36.6 Å². The Bertz CT molecular complexity index is 1020. The number of hydrazine groups is 1. The van der Waals surface area contributed by atoms with Crippen LogP contribution >= 0.6 is 11.6 Å². The molecule has 2 amide bonds. The maximum absolute atomic E-state index is 12.7. The summed E-state index contributed by atoms with van der Waals surface area (Å²) in [5.41, 5.74) is 3.08. The van der Waals surface area contributed by atoms with Gasteiger partial charge in [0.1, 0.15) is 5.57 Å². The number of anilines is 1. The lowest BCUT2D eigenvalue weighted by atomic mass is 10.1. The van der Waals surface area contributed by atoms with Crippen molar-refractivity contribution in [3.63, 3.8) is 0 Å². The zero-order valence-electron chi connectivity index (χ0n) is 15.6. The molecule has 0 atom stereocenters. The van der Waals surface area contributed by atoms with Gasteiger partial charge in [0.2, 0.25) is 0 Å². The summed E-state index contributed by atoms with van der Waals surface area (Å²) in [4.78, 5) is 36.8. The lowest BCUT2D eigenvalue weighted by Crippen LogP contribution is -2.35. The number of ether oxygens (including phenoxy) is 2. The van der Waals surface area contributed by atoms with E-state index < -0.39 is 17.8 Å². The molecule has 0 saturated carbocycles. The SMILES string of the molecule is CCOC(=O)c1ccc(N2NC(=O)/C(=C\c3cc(Cl)cc(OC)c3O)C2=O)cc1. The van der Waals surface area contributed by atoms with E-state index >= 15 is 0 Å². The Morgan fingerprint density at radius 2 is 1.93 bits per heavy atom. The Kier molecular flexibility index (Phi) is 5.74. The molecule has 8 nitrogen and oxygen atoms in total. The predicted octanol–water partition coefficient (Wildman–Crippen LogP) is 2.69. The molecule has 1 aliphatic heterocycles. The van der Waals surface area contributed by atoms with Gasteiger partial charge in [-0.05, 0) is 43.3 Å². The molecule has 1 fully saturated rings. The zero-order chi connectivity index (χ0) is 21.1. The highest BCUT2D eigenvalue weighted by atomic mass is 35.5. The molecule has 29 heavy (non-hydrogen) atoms. The summed E-state index contributed by atoms with van der Waals surface area (Å²) in [6, 6.07) is 8.81. The van der Waals surface area contributed by atoms with Gasteiger partial charge >= 0.3 is 5.97 Å². The predicted molar refractivity (Wildman–Crippen MR) is 106 cm³/mol. The van der Waals surface area contributed by atoms with Crippen molar-refractivity contribution >= 4 is 41.1 Å². The summed E-state index contributed by atoms with van der Waals surface area (Å²) in [6.45, 7) is 1.95. The molecule has 2 N–H and O–H groups in total. The number of aromatic hydroxyl groups is 1. The van der Waals surface area contributed by atoms with Gasteiger partial charge in [-0.25, -0.2) is 9.80 Å². The van der Waals surface area contributed by atoms with Crippen LogP contribution in [0.2, 0.25) is 5.02 Å². The molecular weight excluding hydrogens is 400 g/mol. The molecule has 2 aromatic carbocycles. The number of hydrogen-bond donors (Lipinski definition) is 2. The third-order valence-corrected chi connectivity index (χ3v) is 4.34. The normalized spacial score (nSPS) is 14.9. The standard InChI is InChI=1S/C20H17ClN2O6/c1-3-29-20(27)11-4-6-14(7-5-11)23-19(26)15(18(25)22-23)9-12-8-13(21)10-16(28-2)17(12)24/h4-10,24H,3H2,1-2H3,(H,22,25)/b15-9+. The minimum absolute atomic E-state index is 0.113. The highest BCUT2D eigenvalue weighted by Crippen LogP contribution is 2.35. The van der Waals surface area contributed by atoms with Crippen molar-refractivity contribution in [1.29, 1.82) is 0 Å². The summed E-state index contributed by atoms with van der Waals surface area (Å²) in [5, 5.41) is 11.5. The van der Waals surface area contributed by atoms with E-state index in [4.69, 9.17) is 21.1 Å². The average molecular weight is 417 g/mol. The number of amides is 2. The number of carbonyl (C=O) groups is 3. The minimum atomic E-state index is -0.650. The molecular formula is C20H17ClN2O6. The number of carbonyl (C=O) groups excluding carboxylic acids is 3. The van der Waals surface area contributed by atoms with Crippen molar-refractivity contribution in [3.8, 4) is 11.5 Å². The second kappa shape index (κ2) is 8.24. The van der Waals surface area contributed by atoms with Gasteiger partial charge < -0.3 is 14.6 Å². The van der Waals surface area contributed by atoms with Crippen LogP contribution in [0, 0.1) is 0 Å². The van der Waals surface area contributed by atoms with Crippen LogP contribution in [0.25, 0.3) is 6.08 Å². The van der Waals surface area contributed by atoms with Gasteiger partial charge in [-0.2, -0.15) is 0 Å². The van der Waals surface area contributed by atoms with Crippen LogP contribution in [0.3, 0.4) is 0 Å². The molecule has 0 aliphatic carbocycles. The third-order valence-electron chi connectivity index (χ3n) is 4.12. The van der Waals surface area contributed by atoms with Gasteiger partial charge in [0.15, 0.2) is 11.5 Å². The topological polar surface area (TPSA) is 105 Å². The molecule has 0 unspecified atom stereocenters. The fourth-order valence-electron chi connectivity index (χ4n) is 2.72. The van der Waals surface area contributed by atoms with Crippen LogP contribution in [-0.2, 0) is 14.3 Å². The second-order valence-corrected chi connectivity index (χ2v) is 6.39. The summed E-state index contributed by atoms with van der Waals surface area (Å²) >= 11 is 5.99. The first-order valence-electron chi connectivity index (χ1n) is 8.56. The van der Waals surface area contributed by atoms with Gasteiger partial charge in [-0.1, -0.05) is 11.6 Å². The fourth-order valence-corrected chi connectivity index (χ4v) is 2.93. The van der Waals surface area contributed by atoms with Crippen LogP contribution in [0.1, 0.15) is 22.8 Å². The molecule has 9 heteroatoms. The summed E-state index contributed by atoms with van der Waals surface area (Å²) < 4.78 is 9.94. The smallest absolute Gasteiger partial charge is 0.338 e. The van der Waals surface area contributed by atoms with Crippen molar-refractivity contribution in [3.05, 3.63) is 58.1 Å². The molecule has 1 saturated heterocycles. The maximum atomic E-state index is 12.7. The second-order valence-electron chi connectivity index (χ2n) is 5.95. The Hall–Kier alpha value is -3.52. The highest BCUT2D eigenvalue weighted by Gasteiger charge is 2.34. The van der Waals surface area contributed by atoms with Crippen LogP contribution < -0.4 is 15.2 Å². The minimum Gasteiger partial charge on any atom is -0.504 e. The molecule has 2 aromatic rings. The third kappa shape index (κ3) is 4.02. The van der Waals surface area contributed by atoms with Crippen LogP contribution in [0.4, 0.5) is 5.69 Å². The lowest BCUT2D eigenvalue weighted by Gasteiger charge is -2.14. The average Bonchev–Trinajstić information content (AvgIpc) is 2.99. The molecule has 1 heterocycles. The number of phenolic OH excluding ortho intramolecular Hbond substituents is 1. The zero-order valence-corrected chi connectivity index (χ0v) is 16.3. The van der Waals surface area contributed by atoms with Crippen molar-refractivity contribution in [1.82, 2.24) is 5.43 Å². The van der Waals surface area contributed by atoms with Crippen molar-refractivity contribution in [2.45, 2.75) is 6.92 Å². The Balaban J connectivity index is 1.90. The monoisotopic (exact) mass is 416 g/mol. The number of benzene rings is 2. The largest absolute Gasteiger partial charge is 0.504 e. The van der Waals surface area contributed by atoms with Gasteiger partial charge in [-0.15, -0.1) is 0 Å². The number of nitrogens with one attached hydrogen (secondary N) is 1. The van der Waals surface area contributed by atoms with E-state index in [-0.39, 0.29) is 34.3 Å². The van der Waals surface area contributed by atoms with Gasteiger partial charge in [0, 0.05) is 16.7 Å². The van der Waals surface area contributed by atoms with Crippen molar-refractivity contribution in [2.24, 2.45) is 0 Å². The first-order chi connectivity index (χ1) is 13.8. The summed E-state index contributed by atoms with van der Waals surface area (Å²) in [7, 11) is 1.36. The van der Waals surface area contributed by atoms with Crippen molar-refractivity contribution < 1.29 is 29.0 Å². The quantitative estimate of drug-likeness (QED) is 0.441. The van der Waals surface area contributed by atoms with Crippen LogP contribution in [0.5, 0.6) is 11.5 Å². The van der Waals surface area contributed by atoms with Gasteiger partial charge in [0.25, 0.3) is 11.8 Å². The van der Waals surface area contributed by atoms with E-state index in [0.717, 1.165) is 5.01 Å². The molecule has 150 valence electrons. The summed E-state index contributed by atoms with van der Waals surface area (Å²) in [5.74, 6) is -1.90. The maximum Gasteiger partial charge on any atom is 0.338 e. The van der Waals surface area contributed by atoms with E-state index in [9.17, 15) is 19.5 Å². The Morgan fingerprint density at radius 3 is 2.55 bits per heavy atom. The number of methoxy groups -OCH3 is 1. The fraction of sp³-hybridized carbons (Fsp3) is 0.150. The van der Waals surface area contributed by atoms with E-state index in [2.05, 4.69) is 5.43 Å². The number of phenols is 1. The van der Waals surface area contributed by atoms with E-state index in [1.165, 1.54) is 49.6 Å². The Labute approximate surface area is 171 Å². The first-order valence-corrected chi connectivity index (χ1v) is 8.94. The van der Waals surface area contributed by atoms with Crippen molar-refractivity contribution in [2.75, 3.05) is 18.7 Å². The van der Waals surface area contributed by atoms with Crippen LogP contribution in [0.15, 0.2) is 42.0 Å². The molecule has 3 rings (SSSR count). The molecule has 0 spiro atoms. The first kappa shape index (κ1) is 20.2. The van der Waals surface area contributed by atoms with Gasteiger partial charge in [-0.3, -0.25) is 15.0 Å². The summed E-state index contributed by atoms with van der Waals surface area (Å²) in [6.07, 6.45) is 1.23. The van der Waals surface area contributed by atoms with E-state index in [0.29, 0.717) is 11.3 Å². The molecule has 0 radical (unpaired) electrons. The lowest BCUT2D eigenvalue weighted by molar-refractivity contribution is -0.117. The molecule has 0 bridgehead atoms.